The Balaban J connectivity index is 2.39. The zero-order valence-electron chi connectivity index (χ0n) is 8.06. The van der Waals surface area contributed by atoms with Crippen LogP contribution in [-0.2, 0) is 9.59 Å². The van der Waals surface area contributed by atoms with Crippen LogP contribution in [0.25, 0.3) is 0 Å². The van der Waals surface area contributed by atoms with Gasteiger partial charge < -0.3 is 10.2 Å². The monoisotopic (exact) mass is 198 g/mol. The van der Waals surface area contributed by atoms with E-state index in [1.54, 1.807) is 6.92 Å². The van der Waals surface area contributed by atoms with E-state index < -0.39 is 23.3 Å². The Hall–Kier alpha value is -1.06. The first-order valence-corrected chi connectivity index (χ1v) is 4.94. The number of hydrogen-bond donors (Lipinski definition) is 2. The van der Waals surface area contributed by atoms with Crippen molar-refractivity contribution >= 4 is 11.9 Å². The highest BCUT2D eigenvalue weighted by Crippen LogP contribution is 2.59. The average molecular weight is 198 g/mol. The van der Waals surface area contributed by atoms with Gasteiger partial charge in [-0.2, -0.15) is 0 Å². The molecule has 0 aromatic heterocycles. The molecule has 0 radical (unpaired) electrons. The van der Waals surface area contributed by atoms with Crippen LogP contribution in [0.4, 0.5) is 0 Å². The van der Waals surface area contributed by atoms with Crippen LogP contribution in [0.1, 0.15) is 26.2 Å². The van der Waals surface area contributed by atoms with Crippen LogP contribution in [0.2, 0.25) is 0 Å². The fourth-order valence-electron chi connectivity index (χ4n) is 3.37. The summed E-state index contributed by atoms with van der Waals surface area (Å²) < 4.78 is 0. The third-order valence-electron chi connectivity index (χ3n) is 4.17. The second-order valence-electron chi connectivity index (χ2n) is 4.67. The molecule has 0 spiro atoms. The second-order valence-corrected chi connectivity index (χ2v) is 4.67. The molecule has 0 aromatic rings. The lowest BCUT2D eigenvalue weighted by Gasteiger charge is -2.34. The normalized spacial score (nSPS) is 45.4. The van der Waals surface area contributed by atoms with E-state index >= 15 is 0 Å². The van der Waals surface area contributed by atoms with Crippen LogP contribution in [-0.4, -0.2) is 22.2 Å². The van der Waals surface area contributed by atoms with Gasteiger partial charge >= 0.3 is 11.9 Å². The summed E-state index contributed by atoms with van der Waals surface area (Å²) >= 11 is 0. The van der Waals surface area contributed by atoms with Crippen LogP contribution in [0, 0.1) is 23.2 Å². The van der Waals surface area contributed by atoms with E-state index in [-0.39, 0.29) is 11.8 Å². The Morgan fingerprint density at radius 2 is 1.93 bits per heavy atom. The molecule has 2 bridgehead atoms. The van der Waals surface area contributed by atoms with Gasteiger partial charge in [-0.05, 0) is 38.0 Å². The summed E-state index contributed by atoms with van der Waals surface area (Å²) in [6, 6.07) is 0. The molecule has 2 fully saturated rings. The van der Waals surface area contributed by atoms with E-state index in [9.17, 15) is 9.59 Å². The summed E-state index contributed by atoms with van der Waals surface area (Å²) in [7, 11) is 0. The summed E-state index contributed by atoms with van der Waals surface area (Å²) in [5.74, 6) is -2.43. The largest absolute Gasteiger partial charge is 0.481 e. The number of carboxylic acid groups (broad SMARTS) is 2. The first-order chi connectivity index (χ1) is 6.48. The van der Waals surface area contributed by atoms with Crippen molar-refractivity contribution in [3.05, 3.63) is 0 Å². The molecular formula is C10H14O4. The van der Waals surface area contributed by atoms with E-state index in [4.69, 9.17) is 10.2 Å². The molecule has 2 saturated carbocycles. The predicted molar refractivity (Wildman–Crippen MR) is 47.7 cm³/mol. The van der Waals surface area contributed by atoms with Crippen molar-refractivity contribution in [2.75, 3.05) is 0 Å². The maximum absolute atomic E-state index is 11.2. The Morgan fingerprint density at radius 3 is 2.36 bits per heavy atom. The topological polar surface area (TPSA) is 74.6 Å². The fourth-order valence-corrected chi connectivity index (χ4v) is 3.37. The van der Waals surface area contributed by atoms with E-state index in [0.29, 0.717) is 0 Å². The Bertz CT molecular complexity index is 298. The summed E-state index contributed by atoms with van der Waals surface area (Å²) in [6.45, 7) is 1.60. The van der Waals surface area contributed by atoms with Crippen molar-refractivity contribution in [3.63, 3.8) is 0 Å². The van der Waals surface area contributed by atoms with Gasteiger partial charge in [0.2, 0.25) is 0 Å². The van der Waals surface area contributed by atoms with Gasteiger partial charge in [-0.3, -0.25) is 9.59 Å². The quantitative estimate of drug-likeness (QED) is 0.699. The van der Waals surface area contributed by atoms with E-state index in [1.807, 2.05) is 0 Å². The van der Waals surface area contributed by atoms with E-state index in [1.165, 1.54) is 0 Å². The third-order valence-corrected chi connectivity index (χ3v) is 4.17. The van der Waals surface area contributed by atoms with Gasteiger partial charge in [-0.1, -0.05) is 0 Å². The second kappa shape index (κ2) is 2.72. The lowest BCUT2D eigenvalue weighted by molar-refractivity contribution is -0.165. The van der Waals surface area contributed by atoms with Crippen LogP contribution in [0.15, 0.2) is 0 Å². The maximum Gasteiger partial charge on any atom is 0.310 e. The highest BCUT2D eigenvalue weighted by atomic mass is 16.4. The zero-order valence-corrected chi connectivity index (χ0v) is 8.06. The van der Waals surface area contributed by atoms with Gasteiger partial charge in [-0.25, -0.2) is 0 Å². The molecule has 4 heteroatoms. The third kappa shape index (κ3) is 0.938. The highest BCUT2D eigenvalue weighted by molar-refractivity contribution is 5.84. The fraction of sp³-hybridized carbons (Fsp3) is 0.800. The minimum atomic E-state index is -1.03. The molecule has 2 aliphatic carbocycles. The van der Waals surface area contributed by atoms with Gasteiger partial charge in [0.1, 0.15) is 0 Å². The average Bonchev–Trinajstić information content (AvgIpc) is 2.61. The van der Waals surface area contributed by atoms with Crippen LogP contribution in [0.3, 0.4) is 0 Å². The van der Waals surface area contributed by atoms with Crippen molar-refractivity contribution in [2.24, 2.45) is 23.2 Å². The molecular weight excluding hydrogens is 184 g/mol. The molecule has 4 atom stereocenters. The summed E-state index contributed by atoms with van der Waals surface area (Å²) in [6.07, 6.45) is 2.53. The minimum Gasteiger partial charge on any atom is -0.481 e. The van der Waals surface area contributed by atoms with Gasteiger partial charge in [0.05, 0.1) is 11.3 Å². The summed E-state index contributed by atoms with van der Waals surface area (Å²) in [5, 5.41) is 18.2. The van der Waals surface area contributed by atoms with Crippen molar-refractivity contribution < 1.29 is 19.8 Å². The molecule has 14 heavy (non-hydrogen) atoms. The smallest absolute Gasteiger partial charge is 0.310 e. The first kappa shape index (κ1) is 9.49. The van der Waals surface area contributed by atoms with Crippen molar-refractivity contribution in [3.8, 4) is 0 Å². The summed E-state index contributed by atoms with van der Waals surface area (Å²) in [4.78, 5) is 22.2. The molecule has 0 heterocycles. The molecule has 0 saturated heterocycles. The molecule has 2 N–H and O–H groups in total. The van der Waals surface area contributed by atoms with Gasteiger partial charge in [0.25, 0.3) is 0 Å². The molecule has 2 rings (SSSR count). The number of hydrogen-bond acceptors (Lipinski definition) is 2. The number of rotatable bonds is 2. The van der Waals surface area contributed by atoms with Gasteiger partial charge in [0.15, 0.2) is 0 Å². The molecule has 4 nitrogen and oxygen atoms in total. The number of aliphatic carboxylic acids is 2. The Labute approximate surface area is 81.9 Å². The van der Waals surface area contributed by atoms with Crippen molar-refractivity contribution in [1.82, 2.24) is 0 Å². The minimum absolute atomic E-state index is 0.0612. The van der Waals surface area contributed by atoms with Crippen molar-refractivity contribution in [1.29, 1.82) is 0 Å². The lowest BCUT2D eigenvalue weighted by atomic mass is 9.67. The lowest BCUT2D eigenvalue weighted by Crippen LogP contribution is -2.44. The van der Waals surface area contributed by atoms with E-state index in [0.717, 1.165) is 19.3 Å². The van der Waals surface area contributed by atoms with Crippen LogP contribution < -0.4 is 0 Å². The first-order valence-electron chi connectivity index (χ1n) is 4.94. The molecule has 2 aliphatic rings. The van der Waals surface area contributed by atoms with Crippen LogP contribution in [0.5, 0.6) is 0 Å². The summed E-state index contributed by atoms with van der Waals surface area (Å²) in [5.41, 5.74) is -1.03. The maximum atomic E-state index is 11.2. The molecule has 0 unspecified atom stereocenters. The highest BCUT2D eigenvalue weighted by Gasteiger charge is 2.62. The number of carbonyl (C=O) groups is 2. The van der Waals surface area contributed by atoms with Gasteiger partial charge in [0, 0.05) is 0 Å². The van der Waals surface area contributed by atoms with E-state index in [2.05, 4.69) is 0 Å². The van der Waals surface area contributed by atoms with Crippen molar-refractivity contribution in [2.45, 2.75) is 26.2 Å². The standard InChI is InChI=1S/C10H14O4/c1-10(9(13)14)6-3-2-5(4-6)7(10)8(11)12/h5-7H,2-4H2,1H3,(H,11,12)(H,13,14)/t5-,6-,7-,10-/m0/s1. The van der Waals surface area contributed by atoms with Gasteiger partial charge in [-0.15, -0.1) is 0 Å². The molecule has 0 aromatic carbocycles. The predicted octanol–water partition coefficient (Wildman–Crippen LogP) is 1.21. The Morgan fingerprint density at radius 1 is 1.29 bits per heavy atom. The van der Waals surface area contributed by atoms with Crippen LogP contribution >= 0.6 is 0 Å². The molecule has 0 amide bonds. The zero-order chi connectivity index (χ0) is 10.5. The number of fused-ring (bicyclic) bond motifs is 2. The SMILES string of the molecule is C[C@]1(C(=O)O)[C@H]2CC[C@@H](C2)[C@H]1C(=O)O. The molecule has 78 valence electrons. The number of carboxylic acids is 2. The Kier molecular flexibility index (Phi) is 1.84. The molecule has 0 aliphatic heterocycles.